The van der Waals surface area contributed by atoms with Crippen molar-refractivity contribution in [3.05, 3.63) is 72.3 Å². The molecule has 4 nitrogen and oxygen atoms in total. The predicted octanol–water partition coefficient (Wildman–Crippen LogP) is 3.02. The molecule has 23 heavy (non-hydrogen) atoms. The van der Waals surface area contributed by atoms with Crippen LogP contribution in [0.4, 0.5) is 0 Å². The summed E-state index contributed by atoms with van der Waals surface area (Å²) in [7, 11) is -4.27. The number of rotatable bonds is 4. The van der Waals surface area contributed by atoms with E-state index in [1.165, 1.54) is 6.07 Å². The fourth-order valence-corrected chi connectivity index (χ4v) is 3.03. The Kier molecular flexibility index (Phi) is 5.84. The monoisotopic (exact) mass is 338 g/mol. The van der Waals surface area contributed by atoms with E-state index in [1.54, 1.807) is 30.3 Å². The summed E-state index contributed by atoms with van der Waals surface area (Å²) < 4.78 is 38.0. The Morgan fingerprint density at radius 3 is 2.09 bits per heavy atom. The summed E-state index contributed by atoms with van der Waals surface area (Å²) in [6, 6.07) is 19.5. The first-order valence-corrected chi connectivity index (χ1v) is 8.16. The van der Waals surface area contributed by atoms with Crippen molar-refractivity contribution < 1.29 is 17.7 Å². The topological polar surface area (TPSA) is 63.6 Å². The quantitative estimate of drug-likeness (QED) is 0.587. The van der Waals surface area contributed by atoms with Gasteiger partial charge in [0, 0.05) is 10.8 Å². The van der Waals surface area contributed by atoms with Gasteiger partial charge in [-0.1, -0.05) is 54.6 Å². The van der Waals surface area contributed by atoms with Crippen LogP contribution < -0.4 is 4.74 Å². The minimum absolute atomic E-state index is 0. The van der Waals surface area contributed by atoms with E-state index in [0.29, 0.717) is 23.1 Å². The summed E-state index contributed by atoms with van der Waals surface area (Å²) in [5.74, 6) is 0.576. The summed E-state index contributed by atoms with van der Waals surface area (Å²) in [6.45, 7) is 0.385. The SMILES string of the molecule is O=S(=O)(O)c1ccc(OCc2ccccc2)c2ccccc12.[NaH]. The number of hydrogen-bond donors (Lipinski definition) is 1. The summed E-state index contributed by atoms with van der Waals surface area (Å²) in [5.41, 5.74) is 1.02. The first-order valence-electron chi connectivity index (χ1n) is 6.72. The second kappa shape index (κ2) is 7.47. The zero-order valence-electron chi connectivity index (χ0n) is 11.6. The molecule has 0 spiro atoms. The third kappa shape index (κ3) is 4.13. The van der Waals surface area contributed by atoms with Crippen molar-refractivity contribution in [1.82, 2.24) is 0 Å². The van der Waals surface area contributed by atoms with Crippen LogP contribution in [-0.2, 0) is 16.7 Å². The molecule has 0 saturated heterocycles. The Balaban J connectivity index is 0.00000192. The molecule has 0 aliphatic carbocycles. The maximum atomic E-state index is 11.5. The first-order chi connectivity index (χ1) is 10.6. The van der Waals surface area contributed by atoms with Gasteiger partial charge in [-0.15, -0.1) is 0 Å². The van der Waals surface area contributed by atoms with E-state index in [2.05, 4.69) is 0 Å². The molecule has 6 heteroatoms. The molecule has 3 aromatic rings. The van der Waals surface area contributed by atoms with Crippen LogP contribution in [0.25, 0.3) is 10.8 Å². The van der Waals surface area contributed by atoms with E-state index in [-0.39, 0.29) is 34.5 Å². The van der Waals surface area contributed by atoms with Crippen LogP contribution in [-0.4, -0.2) is 42.5 Å². The number of ether oxygens (including phenoxy) is 1. The Labute approximate surface area is 157 Å². The average molecular weight is 338 g/mol. The Bertz CT molecular complexity index is 908. The Hall–Kier alpha value is -1.37. The molecule has 0 bridgehead atoms. The third-order valence-electron chi connectivity index (χ3n) is 3.36. The van der Waals surface area contributed by atoms with Gasteiger partial charge in [0.15, 0.2) is 0 Å². The molecule has 0 saturated carbocycles. The summed E-state index contributed by atoms with van der Waals surface area (Å²) in [5, 5.41) is 1.09. The average Bonchev–Trinajstić information content (AvgIpc) is 2.52. The van der Waals surface area contributed by atoms with Gasteiger partial charge in [0.2, 0.25) is 0 Å². The van der Waals surface area contributed by atoms with Crippen molar-refractivity contribution >= 4 is 50.4 Å². The van der Waals surface area contributed by atoms with Crippen LogP contribution in [0.1, 0.15) is 5.56 Å². The number of hydrogen-bond acceptors (Lipinski definition) is 3. The van der Waals surface area contributed by atoms with E-state index in [1.807, 2.05) is 30.3 Å². The second-order valence-corrected chi connectivity index (χ2v) is 6.25. The molecular formula is C17H15NaO4S. The molecule has 0 atom stereocenters. The van der Waals surface area contributed by atoms with E-state index >= 15 is 0 Å². The summed E-state index contributed by atoms with van der Waals surface area (Å²) >= 11 is 0. The van der Waals surface area contributed by atoms with Crippen LogP contribution in [0.15, 0.2) is 71.6 Å². The number of fused-ring (bicyclic) bond motifs is 1. The van der Waals surface area contributed by atoms with Gasteiger partial charge in [0.1, 0.15) is 17.3 Å². The molecule has 114 valence electrons. The van der Waals surface area contributed by atoms with Gasteiger partial charge in [0.05, 0.1) is 0 Å². The van der Waals surface area contributed by atoms with E-state index in [4.69, 9.17) is 4.74 Å². The Morgan fingerprint density at radius 2 is 1.43 bits per heavy atom. The second-order valence-electron chi connectivity index (χ2n) is 4.86. The molecule has 0 radical (unpaired) electrons. The molecule has 3 rings (SSSR count). The van der Waals surface area contributed by atoms with Gasteiger partial charge < -0.3 is 4.74 Å². The van der Waals surface area contributed by atoms with E-state index in [0.717, 1.165) is 5.56 Å². The molecule has 0 amide bonds. The summed E-state index contributed by atoms with van der Waals surface area (Å²) in [6.07, 6.45) is 0. The van der Waals surface area contributed by atoms with Crippen molar-refractivity contribution in [3.63, 3.8) is 0 Å². The molecule has 0 heterocycles. The van der Waals surface area contributed by atoms with Crippen molar-refractivity contribution in [2.45, 2.75) is 11.5 Å². The van der Waals surface area contributed by atoms with Gasteiger partial charge >= 0.3 is 29.6 Å². The molecule has 0 fully saturated rings. The predicted molar refractivity (Wildman–Crippen MR) is 91.7 cm³/mol. The standard InChI is InChI=1S/C17H14O4S.Na.H/c18-22(19,20)17-11-10-16(14-8-4-5-9-15(14)17)21-12-13-6-2-1-3-7-13;;/h1-11H,12H2,(H,18,19,20);;. The fraction of sp³-hybridized carbons (Fsp3) is 0.0588. The van der Waals surface area contributed by atoms with Crippen LogP contribution in [0.5, 0.6) is 5.75 Å². The molecule has 0 unspecified atom stereocenters. The van der Waals surface area contributed by atoms with Crippen molar-refractivity contribution in [2.75, 3.05) is 0 Å². The van der Waals surface area contributed by atoms with Crippen LogP contribution in [0.2, 0.25) is 0 Å². The van der Waals surface area contributed by atoms with Gasteiger partial charge in [-0.25, -0.2) is 0 Å². The molecule has 0 aliphatic rings. The van der Waals surface area contributed by atoms with Crippen molar-refractivity contribution in [3.8, 4) is 5.75 Å². The minimum atomic E-state index is -4.27. The van der Waals surface area contributed by atoms with Crippen LogP contribution >= 0.6 is 0 Å². The first kappa shape index (κ1) is 18.0. The van der Waals surface area contributed by atoms with Gasteiger partial charge in [-0.05, 0) is 17.7 Å². The van der Waals surface area contributed by atoms with Crippen molar-refractivity contribution in [2.24, 2.45) is 0 Å². The van der Waals surface area contributed by atoms with E-state index < -0.39 is 10.1 Å². The molecule has 0 aromatic heterocycles. The zero-order chi connectivity index (χ0) is 15.6. The molecular weight excluding hydrogens is 323 g/mol. The molecule has 3 aromatic carbocycles. The molecule has 0 aliphatic heterocycles. The Morgan fingerprint density at radius 1 is 0.826 bits per heavy atom. The van der Waals surface area contributed by atoms with E-state index in [9.17, 15) is 13.0 Å². The maximum absolute atomic E-state index is 11.5. The van der Waals surface area contributed by atoms with Gasteiger partial charge in [-0.2, -0.15) is 8.42 Å². The normalized spacial score (nSPS) is 11.0. The third-order valence-corrected chi connectivity index (χ3v) is 4.27. The van der Waals surface area contributed by atoms with Crippen molar-refractivity contribution in [1.29, 1.82) is 0 Å². The van der Waals surface area contributed by atoms with Gasteiger partial charge in [-0.3, -0.25) is 4.55 Å². The molecule has 1 N–H and O–H groups in total. The fourth-order valence-electron chi connectivity index (χ4n) is 2.33. The van der Waals surface area contributed by atoms with Crippen LogP contribution in [0.3, 0.4) is 0 Å². The van der Waals surface area contributed by atoms with Gasteiger partial charge in [0.25, 0.3) is 10.1 Å². The van der Waals surface area contributed by atoms with Crippen LogP contribution in [0, 0.1) is 0 Å². The number of benzene rings is 3. The zero-order valence-corrected chi connectivity index (χ0v) is 12.5. The summed E-state index contributed by atoms with van der Waals surface area (Å²) in [4.78, 5) is -0.116.